The van der Waals surface area contributed by atoms with Gasteiger partial charge in [0.15, 0.2) is 0 Å². The molecule has 0 amide bonds. The molecule has 0 saturated carbocycles. The molecule has 1 aromatic rings. The van der Waals surface area contributed by atoms with E-state index in [-0.39, 0.29) is 0 Å². The molecule has 0 heterocycles. The minimum absolute atomic E-state index is 0.795. The summed E-state index contributed by atoms with van der Waals surface area (Å²) >= 11 is -0.795. The van der Waals surface area contributed by atoms with E-state index in [2.05, 4.69) is 52.7 Å². The van der Waals surface area contributed by atoms with Gasteiger partial charge in [0.1, 0.15) is 0 Å². The standard InChI is InChI=1S/C11H19GeNP/c1-12(2)13(3)9-10-14-11-7-5-4-6-8-11/h4-8,14H,9-10H2,1-3H3. The van der Waals surface area contributed by atoms with Gasteiger partial charge in [-0.25, -0.2) is 0 Å². The fourth-order valence-corrected chi connectivity index (χ4v) is 3.95. The topological polar surface area (TPSA) is 3.24 Å². The van der Waals surface area contributed by atoms with Crippen molar-refractivity contribution in [2.75, 3.05) is 19.8 Å². The third-order valence-corrected chi connectivity index (χ3v) is 7.20. The first kappa shape index (κ1) is 12.2. The van der Waals surface area contributed by atoms with Crippen molar-refractivity contribution < 1.29 is 0 Å². The van der Waals surface area contributed by atoms with Crippen molar-refractivity contribution in [3.8, 4) is 0 Å². The van der Waals surface area contributed by atoms with Crippen molar-refractivity contribution in [1.29, 1.82) is 0 Å². The van der Waals surface area contributed by atoms with Crippen LogP contribution in [0.4, 0.5) is 0 Å². The van der Waals surface area contributed by atoms with E-state index >= 15 is 0 Å². The Hall–Kier alpha value is 0.153. The molecule has 0 fully saturated rings. The van der Waals surface area contributed by atoms with Crippen LogP contribution < -0.4 is 5.30 Å². The predicted octanol–water partition coefficient (Wildman–Crippen LogP) is 2.17. The van der Waals surface area contributed by atoms with Crippen LogP contribution in [0.3, 0.4) is 0 Å². The molecule has 1 nitrogen and oxygen atoms in total. The summed E-state index contributed by atoms with van der Waals surface area (Å²) in [5.41, 5.74) is 0. The van der Waals surface area contributed by atoms with Crippen LogP contribution in [0.5, 0.6) is 0 Å². The summed E-state index contributed by atoms with van der Waals surface area (Å²) in [7, 11) is 3.24. The zero-order valence-electron chi connectivity index (χ0n) is 9.25. The summed E-state index contributed by atoms with van der Waals surface area (Å²) in [4.78, 5) is 0. The first-order chi connectivity index (χ1) is 6.70. The van der Waals surface area contributed by atoms with Gasteiger partial charge in [-0.2, -0.15) is 0 Å². The molecule has 0 spiro atoms. The van der Waals surface area contributed by atoms with Gasteiger partial charge in [-0.15, -0.1) is 0 Å². The summed E-state index contributed by atoms with van der Waals surface area (Å²) in [5.74, 6) is 4.82. The zero-order valence-corrected chi connectivity index (χ0v) is 12.3. The molecule has 0 N–H and O–H groups in total. The van der Waals surface area contributed by atoms with Gasteiger partial charge in [-0.1, -0.05) is 0 Å². The van der Waals surface area contributed by atoms with E-state index in [1.165, 1.54) is 18.0 Å². The molecular formula is C11H19GeNP. The Morgan fingerprint density at radius 1 is 1.21 bits per heavy atom. The molecule has 0 aliphatic carbocycles. The van der Waals surface area contributed by atoms with Gasteiger partial charge in [0.05, 0.1) is 0 Å². The third kappa shape index (κ3) is 4.59. The van der Waals surface area contributed by atoms with Crippen LogP contribution in [-0.4, -0.2) is 38.2 Å². The second kappa shape index (κ2) is 6.60. The predicted molar refractivity (Wildman–Crippen MR) is 69.4 cm³/mol. The van der Waals surface area contributed by atoms with Crippen LogP contribution in [-0.2, 0) is 0 Å². The average molecular weight is 269 g/mol. The number of benzene rings is 1. The van der Waals surface area contributed by atoms with E-state index in [0.29, 0.717) is 0 Å². The van der Waals surface area contributed by atoms with Gasteiger partial charge in [0.2, 0.25) is 0 Å². The molecule has 3 heteroatoms. The molecular weight excluding hydrogens is 250 g/mol. The number of rotatable bonds is 5. The second-order valence-electron chi connectivity index (χ2n) is 3.66. The van der Waals surface area contributed by atoms with Crippen molar-refractivity contribution in [3.05, 3.63) is 30.3 Å². The van der Waals surface area contributed by atoms with Crippen molar-refractivity contribution in [2.24, 2.45) is 0 Å². The van der Waals surface area contributed by atoms with Crippen LogP contribution >= 0.6 is 8.58 Å². The van der Waals surface area contributed by atoms with Gasteiger partial charge in [-0.3, -0.25) is 0 Å². The van der Waals surface area contributed by atoms with Crippen molar-refractivity contribution in [2.45, 2.75) is 11.5 Å². The summed E-state index contributed by atoms with van der Waals surface area (Å²) in [6.45, 7) is 1.27. The Bertz CT molecular complexity index is 251. The first-order valence-corrected chi connectivity index (χ1v) is 11.3. The zero-order chi connectivity index (χ0) is 10.4. The molecule has 14 heavy (non-hydrogen) atoms. The summed E-state index contributed by atoms with van der Waals surface area (Å²) in [6.07, 6.45) is 1.32. The van der Waals surface area contributed by atoms with Crippen molar-refractivity contribution >= 4 is 28.5 Å². The van der Waals surface area contributed by atoms with E-state index in [1.807, 2.05) is 0 Å². The first-order valence-electron chi connectivity index (χ1n) is 5.00. The normalized spacial score (nSPS) is 12.1. The van der Waals surface area contributed by atoms with Crippen LogP contribution in [0, 0.1) is 0 Å². The summed E-state index contributed by atoms with van der Waals surface area (Å²) < 4.78 is 2.57. The number of nitrogens with zero attached hydrogens (tertiary/aromatic N) is 1. The van der Waals surface area contributed by atoms with E-state index in [0.717, 1.165) is 8.58 Å². The molecule has 0 saturated heterocycles. The van der Waals surface area contributed by atoms with Crippen molar-refractivity contribution in [3.63, 3.8) is 0 Å². The quantitative estimate of drug-likeness (QED) is 0.585. The third-order valence-electron chi connectivity index (χ3n) is 2.31. The van der Waals surface area contributed by atoms with Crippen LogP contribution in [0.25, 0.3) is 0 Å². The van der Waals surface area contributed by atoms with E-state index in [1.54, 1.807) is 0 Å². The molecule has 1 rings (SSSR count). The minimum atomic E-state index is -0.795. The molecule has 0 aromatic heterocycles. The number of hydrogen-bond donors (Lipinski definition) is 0. The Morgan fingerprint density at radius 2 is 1.86 bits per heavy atom. The second-order valence-corrected chi connectivity index (χ2v) is 10.7. The maximum atomic E-state index is 2.57. The van der Waals surface area contributed by atoms with Crippen molar-refractivity contribution in [1.82, 2.24) is 3.86 Å². The molecule has 0 aliphatic rings. The van der Waals surface area contributed by atoms with Gasteiger partial charge in [0, 0.05) is 0 Å². The molecule has 1 atom stereocenters. The van der Waals surface area contributed by atoms with Crippen LogP contribution in [0.15, 0.2) is 30.3 Å². The summed E-state index contributed by atoms with van der Waals surface area (Å²) in [5, 5.41) is 1.50. The Morgan fingerprint density at radius 3 is 2.43 bits per heavy atom. The van der Waals surface area contributed by atoms with E-state index < -0.39 is 14.6 Å². The molecule has 1 unspecified atom stereocenters. The van der Waals surface area contributed by atoms with Gasteiger partial charge in [-0.05, 0) is 0 Å². The number of hydrogen-bond acceptors (Lipinski definition) is 1. The van der Waals surface area contributed by atoms with Crippen LogP contribution in [0.1, 0.15) is 0 Å². The van der Waals surface area contributed by atoms with E-state index in [4.69, 9.17) is 0 Å². The average Bonchev–Trinajstić information content (AvgIpc) is 2.19. The van der Waals surface area contributed by atoms with E-state index in [9.17, 15) is 0 Å². The summed E-state index contributed by atoms with van der Waals surface area (Å²) in [6, 6.07) is 10.8. The van der Waals surface area contributed by atoms with Crippen LogP contribution in [0.2, 0.25) is 11.5 Å². The SMILES string of the molecule is C[N](CCPc1ccccc1)[Ge]([CH3])[CH3]. The fourth-order valence-electron chi connectivity index (χ4n) is 1.15. The monoisotopic (exact) mass is 270 g/mol. The molecule has 1 aromatic carbocycles. The Kier molecular flexibility index (Phi) is 5.76. The Balaban J connectivity index is 2.22. The van der Waals surface area contributed by atoms with Gasteiger partial charge >= 0.3 is 93.9 Å². The van der Waals surface area contributed by atoms with Gasteiger partial charge < -0.3 is 0 Å². The molecule has 1 radical (unpaired) electrons. The molecule has 0 aliphatic heterocycles. The molecule has 77 valence electrons. The Labute approximate surface area is 94.0 Å². The van der Waals surface area contributed by atoms with Gasteiger partial charge in [0.25, 0.3) is 0 Å². The molecule has 0 bridgehead atoms. The fraction of sp³-hybridized carbons (Fsp3) is 0.455. The maximum absolute atomic E-state index is 2.57.